The van der Waals surface area contributed by atoms with E-state index in [0.29, 0.717) is 22.1 Å². The molecule has 2 aromatic carbocycles. The lowest BCUT2D eigenvalue weighted by atomic mass is 10.1. The first-order valence-corrected chi connectivity index (χ1v) is 10.1. The van der Waals surface area contributed by atoms with E-state index in [4.69, 9.17) is 0 Å². The number of anilines is 2. The summed E-state index contributed by atoms with van der Waals surface area (Å²) in [4.78, 5) is 24.7. The zero-order valence-electron chi connectivity index (χ0n) is 15.3. The van der Waals surface area contributed by atoms with Crippen molar-refractivity contribution in [1.82, 2.24) is 14.8 Å². The maximum absolute atomic E-state index is 12.5. The molecule has 2 amide bonds. The molecular formula is C19H18BrN5O2S. The van der Waals surface area contributed by atoms with Gasteiger partial charge in [-0.15, -0.1) is 10.2 Å². The van der Waals surface area contributed by atoms with Crippen molar-refractivity contribution < 1.29 is 9.59 Å². The van der Waals surface area contributed by atoms with Crippen LogP contribution in [0.5, 0.6) is 0 Å². The molecule has 28 heavy (non-hydrogen) atoms. The average Bonchev–Trinajstić information content (AvgIpc) is 3.08. The van der Waals surface area contributed by atoms with E-state index in [2.05, 4.69) is 36.8 Å². The van der Waals surface area contributed by atoms with Gasteiger partial charge in [-0.3, -0.25) is 9.59 Å². The monoisotopic (exact) mass is 459 g/mol. The lowest BCUT2D eigenvalue weighted by Crippen LogP contribution is -2.16. The fourth-order valence-electron chi connectivity index (χ4n) is 2.39. The third-order valence-electron chi connectivity index (χ3n) is 3.83. The number of benzene rings is 2. The predicted molar refractivity (Wildman–Crippen MR) is 114 cm³/mol. The Morgan fingerprint density at radius 1 is 1.14 bits per heavy atom. The minimum atomic E-state index is -0.244. The van der Waals surface area contributed by atoms with Gasteiger partial charge in [0.2, 0.25) is 5.91 Å². The van der Waals surface area contributed by atoms with Gasteiger partial charge in [0, 0.05) is 28.5 Å². The Kier molecular flexibility index (Phi) is 6.48. The van der Waals surface area contributed by atoms with E-state index in [1.165, 1.54) is 11.8 Å². The molecule has 2 N–H and O–H groups in total. The molecule has 1 heterocycles. The molecule has 9 heteroatoms. The van der Waals surface area contributed by atoms with E-state index in [9.17, 15) is 9.59 Å². The van der Waals surface area contributed by atoms with Gasteiger partial charge >= 0.3 is 0 Å². The number of rotatable bonds is 6. The maximum atomic E-state index is 12.5. The minimum Gasteiger partial charge on any atom is -0.325 e. The van der Waals surface area contributed by atoms with Crippen LogP contribution in [-0.4, -0.2) is 32.3 Å². The molecule has 0 bridgehead atoms. The summed E-state index contributed by atoms with van der Waals surface area (Å²) < 4.78 is 2.72. The largest absolute Gasteiger partial charge is 0.325 e. The van der Waals surface area contributed by atoms with Crippen molar-refractivity contribution in [2.75, 3.05) is 16.4 Å². The van der Waals surface area contributed by atoms with Gasteiger partial charge < -0.3 is 15.2 Å². The minimum absolute atomic E-state index is 0.186. The fraction of sp³-hybridized carbons (Fsp3) is 0.158. The molecule has 3 rings (SSSR count). The fourth-order valence-corrected chi connectivity index (χ4v) is 3.33. The van der Waals surface area contributed by atoms with Crippen molar-refractivity contribution in [2.45, 2.75) is 12.1 Å². The molecule has 0 aliphatic carbocycles. The number of carbonyl (C=O) groups excluding carboxylic acids is 2. The van der Waals surface area contributed by atoms with E-state index in [1.54, 1.807) is 35.2 Å². The van der Waals surface area contributed by atoms with Crippen molar-refractivity contribution in [3.8, 4) is 0 Å². The second-order valence-electron chi connectivity index (χ2n) is 6.06. The van der Waals surface area contributed by atoms with Crippen LogP contribution < -0.4 is 10.6 Å². The van der Waals surface area contributed by atoms with E-state index < -0.39 is 0 Å². The highest BCUT2D eigenvalue weighted by molar-refractivity contribution is 9.10. The predicted octanol–water partition coefficient (Wildman–Crippen LogP) is 3.87. The SMILES string of the molecule is Cc1cc(NC(=O)c2cccc(NC(=O)CSc3nncn3C)c2)ccc1Br. The van der Waals surface area contributed by atoms with Gasteiger partial charge in [0.05, 0.1) is 5.75 Å². The van der Waals surface area contributed by atoms with Crippen LogP contribution >= 0.6 is 27.7 Å². The Balaban J connectivity index is 1.61. The van der Waals surface area contributed by atoms with Crippen molar-refractivity contribution in [1.29, 1.82) is 0 Å². The number of carbonyl (C=O) groups is 2. The molecule has 0 fully saturated rings. The standard InChI is InChI=1S/C19H18BrN5O2S/c1-12-8-15(6-7-16(12)20)23-18(27)13-4-3-5-14(9-13)22-17(26)10-28-19-24-21-11-25(19)2/h3-9,11H,10H2,1-2H3,(H,22,26)(H,23,27). The summed E-state index contributed by atoms with van der Waals surface area (Å²) in [5.74, 6) is -0.235. The average molecular weight is 460 g/mol. The summed E-state index contributed by atoms with van der Waals surface area (Å²) >= 11 is 4.73. The molecule has 0 radical (unpaired) electrons. The number of nitrogens with zero attached hydrogens (tertiary/aromatic N) is 3. The van der Waals surface area contributed by atoms with E-state index in [1.807, 2.05) is 32.2 Å². The van der Waals surface area contributed by atoms with Gasteiger partial charge in [-0.2, -0.15) is 0 Å². The third kappa shape index (κ3) is 5.20. The highest BCUT2D eigenvalue weighted by Crippen LogP contribution is 2.21. The number of aromatic nitrogens is 3. The molecule has 1 aromatic heterocycles. The van der Waals surface area contributed by atoms with Gasteiger partial charge in [-0.1, -0.05) is 33.8 Å². The second kappa shape index (κ2) is 9.03. The molecule has 0 atom stereocenters. The summed E-state index contributed by atoms with van der Waals surface area (Å²) in [6, 6.07) is 12.4. The molecule has 0 spiro atoms. The Labute approximate surface area is 175 Å². The second-order valence-corrected chi connectivity index (χ2v) is 7.86. The van der Waals surface area contributed by atoms with Crippen LogP contribution in [0, 0.1) is 6.92 Å². The van der Waals surface area contributed by atoms with Crippen LogP contribution in [0.2, 0.25) is 0 Å². The first kappa shape index (κ1) is 20.1. The molecule has 0 saturated carbocycles. The Hall–Kier alpha value is -2.65. The summed E-state index contributed by atoms with van der Waals surface area (Å²) in [5.41, 5.74) is 2.75. The smallest absolute Gasteiger partial charge is 0.255 e. The molecule has 0 aliphatic rings. The van der Waals surface area contributed by atoms with Crippen LogP contribution in [0.25, 0.3) is 0 Å². The van der Waals surface area contributed by atoms with Crippen molar-refractivity contribution >= 4 is 50.9 Å². The van der Waals surface area contributed by atoms with Gasteiger partial charge in [0.15, 0.2) is 5.16 Å². The van der Waals surface area contributed by atoms with Crippen molar-refractivity contribution in [2.24, 2.45) is 7.05 Å². The number of hydrogen-bond acceptors (Lipinski definition) is 5. The van der Waals surface area contributed by atoms with E-state index >= 15 is 0 Å². The number of thioether (sulfide) groups is 1. The summed E-state index contributed by atoms with van der Waals surface area (Å²) in [7, 11) is 1.81. The Bertz CT molecular complexity index is 1020. The quantitative estimate of drug-likeness (QED) is 0.546. The van der Waals surface area contributed by atoms with Gasteiger partial charge in [-0.05, 0) is 48.9 Å². The summed E-state index contributed by atoms with van der Waals surface area (Å²) in [5, 5.41) is 14.0. The first-order valence-electron chi connectivity index (χ1n) is 8.36. The zero-order valence-corrected chi connectivity index (χ0v) is 17.7. The topological polar surface area (TPSA) is 88.9 Å². The van der Waals surface area contributed by atoms with Gasteiger partial charge in [-0.25, -0.2) is 0 Å². The molecule has 3 aromatic rings. The molecule has 0 unspecified atom stereocenters. The van der Waals surface area contributed by atoms with E-state index in [0.717, 1.165) is 10.0 Å². The summed E-state index contributed by atoms with van der Waals surface area (Å²) in [6.07, 6.45) is 1.58. The molecule has 0 aliphatic heterocycles. The summed E-state index contributed by atoms with van der Waals surface area (Å²) in [6.45, 7) is 1.95. The van der Waals surface area contributed by atoms with Gasteiger partial charge in [0.1, 0.15) is 6.33 Å². The number of amides is 2. The molecule has 144 valence electrons. The van der Waals surface area contributed by atoms with E-state index in [-0.39, 0.29) is 17.6 Å². The number of nitrogens with one attached hydrogen (secondary N) is 2. The molecule has 7 nitrogen and oxygen atoms in total. The lowest BCUT2D eigenvalue weighted by molar-refractivity contribution is -0.113. The van der Waals surface area contributed by atoms with Crippen molar-refractivity contribution in [3.05, 3.63) is 64.4 Å². The van der Waals surface area contributed by atoms with Crippen molar-refractivity contribution in [3.63, 3.8) is 0 Å². The highest BCUT2D eigenvalue weighted by Gasteiger charge is 2.10. The third-order valence-corrected chi connectivity index (χ3v) is 5.75. The number of hydrogen-bond donors (Lipinski definition) is 2. The normalized spacial score (nSPS) is 10.5. The van der Waals surface area contributed by atoms with Gasteiger partial charge in [0.25, 0.3) is 5.91 Å². The maximum Gasteiger partial charge on any atom is 0.255 e. The van der Waals surface area contributed by atoms with Crippen LogP contribution in [0.15, 0.2) is 58.4 Å². The number of halogens is 1. The number of aryl methyl sites for hydroxylation is 2. The zero-order chi connectivity index (χ0) is 20.1. The van der Waals surface area contributed by atoms with Crippen LogP contribution in [0.4, 0.5) is 11.4 Å². The highest BCUT2D eigenvalue weighted by atomic mass is 79.9. The first-order chi connectivity index (χ1) is 13.4. The lowest BCUT2D eigenvalue weighted by Gasteiger charge is -2.09. The molecule has 0 saturated heterocycles. The Morgan fingerprint density at radius 3 is 2.64 bits per heavy atom. The Morgan fingerprint density at radius 2 is 1.93 bits per heavy atom. The van der Waals surface area contributed by atoms with Crippen LogP contribution in [-0.2, 0) is 11.8 Å². The van der Waals surface area contributed by atoms with Crippen LogP contribution in [0.3, 0.4) is 0 Å². The molecular weight excluding hydrogens is 442 g/mol. The van der Waals surface area contributed by atoms with Crippen LogP contribution in [0.1, 0.15) is 15.9 Å².